The summed E-state index contributed by atoms with van der Waals surface area (Å²) in [6.45, 7) is 2.13. The van der Waals surface area contributed by atoms with Crippen LogP contribution in [0.25, 0.3) is 0 Å². The number of aromatic nitrogens is 1. The van der Waals surface area contributed by atoms with E-state index in [1.54, 1.807) is 19.2 Å². The Labute approximate surface area is 105 Å². The first-order valence-electron chi connectivity index (χ1n) is 5.09. The zero-order chi connectivity index (χ0) is 12.5. The lowest BCUT2D eigenvalue weighted by Gasteiger charge is -2.11. The molecule has 1 aromatic rings. The van der Waals surface area contributed by atoms with E-state index in [1.807, 2.05) is 12.1 Å². The number of nitrogens with one attached hydrogen (secondary N) is 3. The predicted molar refractivity (Wildman–Crippen MR) is 68.2 cm³/mol. The quantitative estimate of drug-likeness (QED) is 0.400. The van der Waals surface area contributed by atoms with Crippen molar-refractivity contribution in [3.63, 3.8) is 0 Å². The first kappa shape index (κ1) is 13.2. The SMILES string of the molecule is CCOC(=O)CNC(=S)NNc1ccccn1. The van der Waals surface area contributed by atoms with Gasteiger partial charge in [0.2, 0.25) is 0 Å². The largest absolute Gasteiger partial charge is 0.465 e. The minimum atomic E-state index is -0.352. The van der Waals surface area contributed by atoms with Crippen LogP contribution in [0.2, 0.25) is 0 Å². The van der Waals surface area contributed by atoms with Crippen molar-refractivity contribution >= 4 is 29.1 Å². The third-order valence-corrected chi connectivity index (χ3v) is 1.91. The van der Waals surface area contributed by atoms with E-state index in [2.05, 4.69) is 21.2 Å². The zero-order valence-electron chi connectivity index (χ0n) is 9.40. The van der Waals surface area contributed by atoms with Gasteiger partial charge in [0.25, 0.3) is 0 Å². The number of thiocarbonyl (C=S) groups is 1. The third kappa shape index (κ3) is 5.67. The average molecular weight is 254 g/mol. The van der Waals surface area contributed by atoms with E-state index in [1.165, 1.54) is 0 Å². The van der Waals surface area contributed by atoms with Gasteiger partial charge in [0.1, 0.15) is 12.4 Å². The van der Waals surface area contributed by atoms with Crippen molar-refractivity contribution in [3.8, 4) is 0 Å². The molecule has 92 valence electrons. The molecule has 17 heavy (non-hydrogen) atoms. The Morgan fingerprint density at radius 3 is 3.00 bits per heavy atom. The number of carbonyl (C=O) groups excluding carboxylic acids is 1. The van der Waals surface area contributed by atoms with Crippen molar-refractivity contribution in [2.45, 2.75) is 6.92 Å². The van der Waals surface area contributed by atoms with E-state index < -0.39 is 0 Å². The number of hydrogen-bond donors (Lipinski definition) is 3. The van der Waals surface area contributed by atoms with Crippen LogP contribution in [0, 0.1) is 0 Å². The number of rotatable bonds is 5. The van der Waals surface area contributed by atoms with Crippen molar-refractivity contribution in [2.24, 2.45) is 0 Å². The van der Waals surface area contributed by atoms with Crippen LogP contribution in [0.4, 0.5) is 5.82 Å². The van der Waals surface area contributed by atoms with E-state index in [-0.39, 0.29) is 12.5 Å². The molecule has 1 heterocycles. The lowest BCUT2D eigenvalue weighted by molar-refractivity contribution is -0.141. The summed E-state index contributed by atoms with van der Waals surface area (Å²) in [7, 11) is 0. The number of hydrazine groups is 1. The van der Waals surface area contributed by atoms with E-state index in [0.29, 0.717) is 17.5 Å². The molecular formula is C10H14N4O2S. The molecule has 0 spiro atoms. The van der Waals surface area contributed by atoms with Gasteiger partial charge >= 0.3 is 5.97 Å². The summed E-state index contributed by atoms with van der Waals surface area (Å²) in [5.74, 6) is 0.280. The van der Waals surface area contributed by atoms with E-state index in [0.717, 1.165) is 0 Å². The number of esters is 1. The second-order valence-corrected chi connectivity index (χ2v) is 3.36. The average Bonchev–Trinajstić information content (AvgIpc) is 2.35. The molecule has 3 N–H and O–H groups in total. The van der Waals surface area contributed by atoms with E-state index in [9.17, 15) is 4.79 Å². The highest BCUT2D eigenvalue weighted by Gasteiger charge is 2.02. The van der Waals surface area contributed by atoms with Gasteiger partial charge in [-0.05, 0) is 31.3 Å². The molecule has 0 unspecified atom stereocenters. The van der Waals surface area contributed by atoms with Gasteiger partial charge in [0.15, 0.2) is 5.11 Å². The van der Waals surface area contributed by atoms with Crippen LogP contribution in [0.5, 0.6) is 0 Å². The summed E-state index contributed by atoms with van der Waals surface area (Å²) in [5.41, 5.74) is 5.48. The summed E-state index contributed by atoms with van der Waals surface area (Å²) in [6, 6.07) is 5.43. The minimum absolute atomic E-state index is 0.0313. The van der Waals surface area contributed by atoms with Gasteiger partial charge in [-0.15, -0.1) is 0 Å². The Morgan fingerprint density at radius 1 is 1.53 bits per heavy atom. The number of carbonyl (C=O) groups is 1. The molecule has 0 aromatic carbocycles. The Balaban J connectivity index is 2.20. The van der Waals surface area contributed by atoms with Crippen LogP contribution in [-0.4, -0.2) is 29.2 Å². The highest BCUT2D eigenvalue weighted by molar-refractivity contribution is 7.80. The summed E-state index contributed by atoms with van der Waals surface area (Å²) in [5, 5.41) is 2.99. The van der Waals surface area contributed by atoms with Crippen LogP contribution in [0.1, 0.15) is 6.92 Å². The molecule has 0 aliphatic rings. The first-order valence-corrected chi connectivity index (χ1v) is 5.49. The second-order valence-electron chi connectivity index (χ2n) is 2.95. The predicted octanol–water partition coefficient (Wildman–Crippen LogP) is 0.436. The van der Waals surface area contributed by atoms with Crippen LogP contribution in [0.3, 0.4) is 0 Å². The fraction of sp³-hybridized carbons (Fsp3) is 0.300. The normalized spacial score (nSPS) is 9.24. The third-order valence-electron chi connectivity index (χ3n) is 1.67. The van der Waals surface area contributed by atoms with Crippen molar-refractivity contribution in [3.05, 3.63) is 24.4 Å². The van der Waals surface area contributed by atoms with Gasteiger partial charge in [0.05, 0.1) is 6.61 Å². The molecule has 0 amide bonds. The lowest BCUT2D eigenvalue weighted by atomic mass is 10.5. The minimum Gasteiger partial charge on any atom is -0.465 e. The Hall–Kier alpha value is -1.89. The summed E-state index contributed by atoms with van der Waals surface area (Å²) in [6.07, 6.45) is 1.65. The van der Waals surface area contributed by atoms with Gasteiger partial charge in [-0.2, -0.15) is 0 Å². The summed E-state index contributed by atoms with van der Waals surface area (Å²) < 4.78 is 4.73. The maximum atomic E-state index is 11.0. The van der Waals surface area contributed by atoms with Crippen LogP contribution in [-0.2, 0) is 9.53 Å². The number of hydrogen-bond acceptors (Lipinski definition) is 5. The highest BCUT2D eigenvalue weighted by Crippen LogP contribution is 1.96. The summed E-state index contributed by atoms with van der Waals surface area (Å²) >= 11 is 4.94. The smallest absolute Gasteiger partial charge is 0.325 e. The maximum Gasteiger partial charge on any atom is 0.325 e. The molecule has 0 radical (unpaired) electrons. The standard InChI is InChI=1S/C10H14N4O2S/c1-2-16-9(15)7-12-10(17)14-13-8-5-3-4-6-11-8/h3-6H,2,7H2,1H3,(H,11,13)(H2,12,14,17). The Bertz CT molecular complexity index is 372. The van der Waals surface area contributed by atoms with Gasteiger partial charge < -0.3 is 10.1 Å². The van der Waals surface area contributed by atoms with Crippen molar-refractivity contribution in [1.82, 2.24) is 15.7 Å². The molecule has 0 bridgehead atoms. The molecule has 0 saturated heterocycles. The molecule has 0 fully saturated rings. The van der Waals surface area contributed by atoms with Gasteiger partial charge in [0, 0.05) is 6.20 Å². The second kappa shape index (κ2) is 7.39. The number of pyridine rings is 1. The molecule has 0 saturated carbocycles. The molecule has 1 aromatic heterocycles. The molecule has 7 heteroatoms. The molecular weight excluding hydrogens is 240 g/mol. The Morgan fingerprint density at radius 2 is 2.35 bits per heavy atom. The Kier molecular flexibility index (Phi) is 5.73. The highest BCUT2D eigenvalue weighted by atomic mass is 32.1. The van der Waals surface area contributed by atoms with Gasteiger partial charge in [-0.1, -0.05) is 6.07 Å². The molecule has 0 aliphatic heterocycles. The topological polar surface area (TPSA) is 75.3 Å². The van der Waals surface area contributed by atoms with Crippen molar-refractivity contribution in [1.29, 1.82) is 0 Å². The monoisotopic (exact) mass is 254 g/mol. The fourth-order valence-corrected chi connectivity index (χ4v) is 1.09. The van der Waals surface area contributed by atoms with E-state index in [4.69, 9.17) is 17.0 Å². The molecule has 0 aliphatic carbocycles. The summed E-state index contributed by atoms with van der Waals surface area (Å²) in [4.78, 5) is 15.0. The van der Waals surface area contributed by atoms with Gasteiger partial charge in [-0.25, -0.2) is 4.98 Å². The van der Waals surface area contributed by atoms with Crippen LogP contribution >= 0.6 is 12.2 Å². The van der Waals surface area contributed by atoms with Crippen molar-refractivity contribution in [2.75, 3.05) is 18.6 Å². The zero-order valence-corrected chi connectivity index (χ0v) is 10.2. The lowest BCUT2D eigenvalue weighted by Crippen LogP contribution is -2.41. The van der Waals surface area contributed by atoms with E-state index >= 15 is 0 Å². The van der Waals surface area contributed by atoms with Crippen LogP contribution < -0.4 is 16.2 Å². The molecule has 1 rings (SSSR count). The van der Waals surface area contributed by atoms with Crippen LogP contribution in [0.15, 0.2) is 24.4 Å². The van der Waals surface area contributed by atoms with Gasteiger partial charge in [-0.3, -0.25) is 15.6 Å². The fourth-order valence-electron chi connectivity index (χ4n) is 0.966. The molecule has 0 atom stereocenters. The first-order chi connectivity index (χ1) is 8.22. The number of nitrogens with zero attached hydrogens (tertiary/aromatic N) is 1. The molecule has 6 nitrogen and oxygen atoms in total. The maximum absolute atomic E-state index is 11.0. The number of ether oxygens (including phenoxy) is 1. The van der Waals surface area contributed by atoms with Crippen molar-refractivity contribution < 1.29 is 9.53 Å². The number of anilines is 1.